The molecule has 11 nitrogen and oxygen atoms in total. The van der Waals surface area contributed by atoms with Crippen LogP contribution in [0.5, 0.6) is 0 Å². The summed E-state index contributed by atoms with van der Waals surface area (Å²) in [4.78, 5) is 43.8. The maximum Gasteiger partial charge on any atom is 0.253 e. The summed E-state index contributed by atoms with van der Waals surface area (Å²) in [5.74, 6) is 0.920. The lowest BCUT2D eigenvalue weighted by molar-refractivity contribution is -0.115. The number of morpholine rings is 2. The molecule has 2 aromatic heterocycles. The highest BCUT2D eigenvalue weighted by Crippen LogP contribution is 2.32. The second-order valence-corrected chi connectivity index (χ2v) is 9.64. The fraction of sp³-hybridized carbons (Fsp3) is 0.423. The zero-order valence-corrected chi connectivity index (χ0v) is 20.9. The largest absolute Gasteiger partial charge is 0.377 e. The molecule has 2 atom stereocenters. The maximum absolute atomic E-state index is 12.6. The molecule has 0 bridgehead atoms. The number of nitrogens with zero attached hydrogens (tertiary/aromatic N) is 5. The molecule has 0 unspecified atom stereocenters. The minimum atomic E-state index is -0.300. The molecular weight excluding hydrogens is 474 g/mol. The highest BCUT2D eigenvalue weighted by molar-refractivity contribution is 6.09. The van der Waals surface area contributed by atoms with E-state index < -0.39 is 0 Å². The van der Waals surface area contributed by atoms with Gasteiger partial charge in [0.2, 0.25) is 11.9 Å². The molecule has 0 radical (unpaired) electrons. The van der Waals surface area contributed by atoms with Gasteiger partial charge in [-0.25, -0.2) is 4.98 Å². The number of rotatable bonds is 3. The van der Waals surface area contributed by atoms with Gasteiger partial charge in [-0.05, 0) is 38.1 Å². The number of carbonyl (C=O) groups excluding carboxylic acids is 2. The van der Waals surface area contributed by atoms with Gasteiger partial charge in [0.1, 0.15) is 5.82 Å². The first-order chi connectivity index (χ1) is 18.0. The SMILES string of the molecule is C[C@@H]1COCCN1c1nc(N2CCOC[C@@H]2C)nc2nc(-c3ccc4c(c3)C(=O)NCC(=O)N4)ccc12. The van der Waals surface area contributed by atoms with Crippen molar-refractivity contribution < 1.29 is 19.1 Å². The molecule has 2 amide bonds. The van der Waals surface area contributed by atoms with Gasteiger partial charge in [-0.2, -0.15) is 9.97 Å². The van der Waals surface area contributed by atoms with Crippen molar-refractivity contribution >= 4 is 40.3 Å². The number of ether oxygens (including phenoxy) is 2. The Morgan fingerprint density at radius 2 is 1.68 bits per heavy atom. The first kappa shape index (κ1) is 23.6. The lowest BCUT2D eigenvalue weighted by atomic mass is 10.0. The summed E-state index contributed by atoms with van der Waals surface area (Å²) in [6, 6.07) is 9.56. The number of hydrogen-bond donors (Lipinski definition) is 2. The Bertz CT molecular complexity index is 1380. The highest BCUT2D eigenvalue weighted by Gasteiger charge is 2.28. The quantitative estimate of drug-likeness (QED) is 0.551. The van der Waals surface area contributed by atoms with Gasteiger partial charge < -0.3 is 29.9 Å². The van der Waals surface area contributed by atoms with Crippen LogP contribution in [0.25, 0.3) is 22.3 Å². The summed E-state index contributed by atoms with van der Waals surface area (Å²) in [6.45, 7) is 8.13. The molecule has 3 aliphatic heterocycles. The van der Waals surface area contributed by atoms with Crippen LogP contribution >= 0.6 is 0 Å². The van der Waals surface area contributed by atoms with Gasteiger partial charge in [0.15, 0.2) is 5.65 Å². The van der Waals surface area contributed by atoms with Gasteiger partial charge in [0.05, 0.1) is 67.4 Å². The Balaban J connectivity index is 1.46. The van der Waals surface area contributed by atoms with E-state index in [2.05, 4.69) is 34.3 Å². The summed E-state index contributed by atoms with van der Waals surface area (Å²) in [5.41, 5.74) is 2.91. The number of fused-ring (bicyclic) bond motifs is 2. The molecule has 0 saturated carbocycles. The van der Waals surface area contributed by atoms with Crippen molar-refractivity contribution in [3.8, 4) is 11.3 Å². The predicted octanol–water partition coefficient (Wildman–Crippen LogP) is 1.82. The topological polar surface area (TPSA) is 122 Å². The molecule has 2 fully saturated rings. The van der Waals surface area contributed by atoms with E-state index in [0.29, 0.717) is 61.5 Å². The summed E-state index contributed by atoms with van der Waals surface area (Å²) < 4.78 is 11.3. The average molecular weight is 504 g/mol. The van der Waals surface area contributed by atoms with Crippen LogP contribution in [-0.2, 0) is 14.3 Å². The molecule has 6 rings (SSSR count). The number of hydrogen-bond acceptors (Lipinski definition) is 9. The summed E-state index contributed by atoms with van der Waals surface area (Å²) in [7, 11) is 0. The normalized spacial score (nSPS) is 22.3. The number of carbonyl (C=O) groups is 2. The molecule has 11 heteroatoms. The number of nitrogens with one attached hydrogen (secondary N) is 2. The molecular formula is C26H29N7O4. The van der Waals surface area contributed by atoms with E-state index in [9.17, 15) is 9.59 Å². The smallest absolute Gasteiger partial charge is 0.253 e. The summed E-state index contributed by atoms with van der Waals surface area (Å²) in [6.07, 6.45) is 0. The Labute approximate surface area is 214 Å². The minimum Gasteiger partial charge on any atom is -0.377 e. The van der Waals surface area contributed by atoms with Crippen LogP contribution in [0.2, 0.25) is 0 Å². The van der Waals surface area contributed by atoms with Gasteiger partial charge in [-0.1, -0.05) is 6.07 Å². The first-order valence-electron chi connectivity index (χ1n) is 12.6. The van der Waals surface area contributed by atoms with Crippen molar-refractivity contribution in [1.82, 2.24) is 20.3 Å². The van der Waals surface area contributed by atoms with Gasteiger partial charge in [-0.15, -0.1) is 0 Å². The summed E-state index contributed by atoms with van der Waals surface area (Å²) in [5, 5.41) is 6.26. The van der Waals surface area contributed by atoms with Crippen LogP contribution in [0.15, 0.2) is 30.3 Å². The van der Waals surface area contributed by atoms with Crippen molar-refractivity contribution in [3.63, 3.8) is 0 Å². The van der Waals surface area contributed by atoms with E-state index in [1.807, 2.05) is 18.2 Å². The molecule has 0 spiro atoms. The van der Waals surface area contributed by atoms with Crippen molar-refractivity contribution in [2.45, 2.75) is 25.9 Å². The van der Waals surface area contributed by atoms with Gasteiger partial charge in [0, 0.05) is 18.7 Å². The predicted molar refractivity (Wildman–Crippen MR) is 139 cm³/mol. The molecule has 3 aromatic rings. The molecule has 2 saturated heterocycles. The van der Waals surface area contributed by atoms with Gasteiger partial charge in [0.25, 0.3) is 5.91 Å². The fourth-order valence-electron chi connectivity index (χ4n) is 5.01. The van der Waals surface area contributed by atoms with E-state index in [1.165, 1.54) is 0 Å². The number of aromatic nitrogens is 3. The average Bonchev–Trinajstić information content (AvgIpc) is 3.05. The third-order valence-electron chi connectivity index (χ3n) is 7.04. The van der Waals surface area contributed by atoms with Crippen LogP contribution in [0, 0.1) is 0 Å². The monoisotopic (exact) mass is 503 g/mol. The molecule has 5 heterocycles. The van der Waals surface area contributed by atoms with E-state index in [-0.39, 0.29) is 30.4 Å². The van der Waals surface area contributed by atoms with Crippen LogP contribution in [0.4, 0.5) is 17.5 Å². The molecule has 1 aromatic carbocycles. The van der Waals surface area contributed by atoms with Crippen LogP contribution in [0.3, 0.4) is 0 Å². The third-order valence-corrected chi connectivity index (χ3v) is 7.04. The number of amides is 2. The third kappa shape index (κ3) is 4.44. The zero-order valence-electron chi connectivity index (χ0n) is 20.9. The maximum atomic E-state index is 12.6. The lowest BCUT2D eigenvalue weighted by Gasteiger charge is -2.37. The van der Waals surface area contributed by atoms with Crippen LogP contribution in [-0.4, -0.2) is 84.9 Å². The second-order valence-electron chi connectivity index (χ2n) is 9.64. The van der Waals surface area contributed by atoms with Crippen molar-refractivity contribution in [2.24, 2.45) is 0 Å². The van der Waals surface area contributed by atoms with Gasteiger partial charge in [-0.3, -0.25) is 9.59 Å². The standard InChI is InChI=1S/C26H29N7O4/c1-15-13-36-9-7-32(15)24-18-4-6-20(17-3-5-21-19(11-17)25(35)27-12-22(34)28-21)29-23(18)30-26(31-24)33-8-10-37-14-16(33)2/h3-6,11,15-16H,7-10,12-14H2,1-2H3,(H,27,35)(H,28,34)/t15-,16+/m1/s1. The molecule has 192 valence electrons. The highest BCUT2D eigenvalue weighted by atomic mass is 16.5. The van der Waals surface area contributed by atoms with Crippen molar-refractivity contribution in [1.29, 1.82) is 0 Å². The van der Waals surface area contributed by atoms with Crippen molar-refractivity contribution in [3.05, 3.63) is 35.9 Å². The van der Waals surface area contributed by atoms with E-state index >= 15 is 0 Å². The zero-order chi connectivity index (χ0) is 25.5. The first-order valence-corrected chi connectivity index (χ1v) is 12.6. The minimum absolute atomic E-state index is 0.0561. The molecule has 37 heavy (non-hydrogen) atoms. The fourth-order valence-corrected chi connectivity index (χ4v) is 5.01. The van der Waals surface area contributed by atoms with E-state index in [4.69, 9.17) is 24.4 Å². The Kier molecular flexibility index (Phi) is 6.09. The summed E-state index contributed by atoms with van der Waals surface area (Å²) >= 11 is 0. The molecule has 2 N–H and O–H groups in total. The Morgan fingerprint density at radius 3 is 2.43 bits per heavy atom. The molecule has 3 aliphatic rings. The number of benzene rings is 1. The Hall–Kier alpha value is -3.83. The van der Waals surface area contributed by atoms with Crippen LogP contribution < -0.4 is 20.4 Å². The van der Waals surface area contributed by atoms with Crippen molar-refractivity contribution in [2.75, 3.05) is 61.2 Å². The van der Waals surface area contributed by atoms with E-state index in [0.717, 1.165) is 23.3 Å². The second kappa shape index (κ2) is 9.56. The molecule has 0 aliphatic carbocycles. The Morgan fingerprint density at radius 1 is 0.919 bits per heavy atom. The van der Waals surface area contributed by atoms with E-state index in [1.54, 1.807) is 12.1 Å². The van der Waals surface area contributed by atoms with Crippen LogP contribution in [0.1, 0.15) is 24.2 Å². The van der Waals surface area contributed by atoms with Gasteiger partial charge >= 0.3 is 0 Å². The number of pyridine rings is 1. The number of anilines is 3. The lowest BCUT2D eigenvalue weighted by Crippen LogP contribution is -2.46.